The first-order valence-corrected chi connectivity index (χ1v) is 8.75. The summed E-state index contributed by atoms with van der Waals surface area (Å²) in [5.74, 6) is -0.745. The molecule has 0 aliphatic carbocycles. The van der Waals surface area contributed by atoms with Crippen molar-refractivity contribution < 1.29 is 24.2 Å². The Morgan fingerprint density at radius 2 is 2.16 bits per heavy atom. The third kappa shape index (κ3) is 4.44. The molecule has 0 spiro atoms. The van der Waals surface area contributed by atoms with E-state index >= 15 is 0 Å². The van der Waals surface area contributed by atoms with Gasteiger partial charge < -0.3 is 19.5 Å². The second-order valence-electron chi connectivity index (χ2n) is 6.34. The number of halogens is 1. The van der Waals surface area contributed by atoms with Crippen molar-refractivity contribution >= 4 is 23.5 Å². The summed E-state index contributed by atoms with van der Waals surface area (Å²) in [5, 5.41) is 10.1. The van der Waals surface area contributed by atoms with E-state index in [2.05, 4.69) is 0 Å². The molecule has 7 heteroatoms. The van der Waals surface area contributed by atoms with Gasteiger partial charge >= 0.3 is 5.97 Å². The van der Waals surface area contributed by atoms with E-state index in [1.165, 1.54) is 7.11 Å². The molecule has 1 unspecified atom stereocenters. The molecule has 1 heterocycles. The Morgan fingerprint density at radius 1 is 1.40 bits per heavy atom. The molecule has 6 nitrogen and oxygen atoms in total. The minimum atomic E-state index is -1.08. The van der Waals surface area contributed by atoms with Crippen LogP contribution in [0.25, 0.3) is 0 Å². The van der Waals surface area contributed by atoms with Gasteiger partial charge in [0.25, 0.3) is 5.91 Å². The minimum Gasteiger partial charge on any atom is -0.493 e. The summed E-state index contributed by atoms with van der Waals surface area (Å²) >= 11 is 6.05. The first-order chi connectivity index (χ1) is 11.9. The average Bonchev–Trinajstić information content (AvgIpc) is 2.60. The third-order valence-electron chi connectivity index (χ3n) is 4.37. The van der Waals surface area contributed by atoms with Crippen molar-refractivity contribution in [1.82, 2.24) is 4.90 Å². The van der Waals surface area contributed by atoms with Crippen molar-refractivity contribution in [1.29, 1.82) is 0 Å². The molecule has 1 aliphatic rings. The summed E-state index contributed by atoms with van der Waals surface area (Å²) in [7, 11) is 1.47. The number of piperidine rings is 1. The van der Waals surface area contributed by atoms with Gasteiger partial charge in [-0.05, 0) is 37.5 Å². The van der Waals surface area contributed by atoms with Crippen LogP contribution in [0, 0.1) is 5.41 Å². The number of carbonyl (C=O) groups excluding carboxylic acids is 1. The highest BCUT2D eigenvalue weighted by molar-refractivity contribution is 6.31. The van der Waals surface area contributed by atoms with Crippen LogP contribution < -0.4 is 4.74 Å². The summed E-state index contributed by atoms with van der Waals surface area (Å²) in [5.41, 5.74) is -0.717. The minimum absolute atomic E-state index is 0.0703. The molecule has 1 N–H and O–H groups in total. The molecule has 0 saturated carbocycles. The first kappa shape index (κ1) is 19.5. The molecule has 0 radical (unpaired) electrons. The Bertz CT molecular complexity index is 632. The van der Waals surface area contributed by atoms with Crippen LogP contribution in [0.2, 0.25) is 5.02 Å². The highest BCUT2D eigenvalue weighted by atomic mass is 35.5. The van der Waals surface area contributed by atoms with Gasteiger partial charge in [0.15, 0.2) is 0 Å². The monoisotopic (exact) mass is 369 g/mol. The van der Waals surface area contributed by atoms with Crippen molar-refractivity contribution in [2.75, 3.05) is 33.4 Å². The summed E-state index contributed by atoms with van der Waals surface area (Å²) in [4.78, 5) is 26.3. The summed E-state index contributed by atoms with van der Waals surface area (Å²) in [6.45, 7) is 3.14. The Balaban J connectivity index is 2.27. The molecule has 0 bridgehead atoms. The number of carboxylic acids is 1. The van der Waals surface area contributed by atoms with Gasteiger partial charge in [-0.15, -0.1) is 0 Å². The molecule has 1 atom stereocenters. The second kappa shape index (κ2) is 8.54. The zero-order valence-corrected chi connectivity index (χ0v) is 15.3. The van der Waals surface area contributed by atoms with E-state index < -0.39 is 11.4 Å². The predicted molar refractivity (Wildman–Crippen MR) is 94.3 cm³/mol. The van der Waals surface area contributed by atoms with E-state index in [4.69, 9.17) is 21.1 Å². The van der Waals surface area contributed by atoms with Gasteiger partial charge in [0.05, 0.1) is 18.8 Å². The van der Waals surface area contributed by atoms with Crippen LogP contribution in [0.1, 0.15) is 36.5 Å². The molecule has 25 heavy (non-hydrogen) atoms. The maximum absolute atomic E-state index is 13.0. The molecule has 1 fully saturated rings. The number of methoxy groups -OCH3 is 1. The number of hydrogen-bond donors (Lipinski definition) is 1. The van der Waals surface area contributed by atoms with Gasteiger partial charge in [-0.2, -0.15) is 0 Å². The fraction of sp³-hybridized carbons (Fsp3) is 0.556. The number of likely N-dealkylation sites (tertiary alicyclic amines) is 1. The SMILES string of the molecule is CCCOc1ccc(Cl)cc1C(=O)N1CCCC(COC)(C(=O)O)C1. The Labute approximate surface area is 152 Å². The van der Waals surface area contributed by atoms with E-state index in [1.54, 1.807) is 23.1 Å². The lowest BCUT2D eigenvalue weighted by Gasteiger charge is -2.39. The maximum Gasteiger partial charge on any atom is 0.313 e. The molecule has 0 aromatic heterocycles. The van der Waals surface area contributed by atoms with Crippen LogP contribution in [0.4, 0.5) is 0 Å². The van der Waals surface area contributed by atoms with Crippen LogP contribution in [0.3, 0.4) is 0 Å². The van der Waals surface area contributed by atoms with E-state index in [0.717, 1.165) is 6.42 Å². The summed E-state index contributed by atoms with van der Waals surface area (Å²) in [6, 6.07) is 4.92. The molecule has 1 aliphatic heterocycles. The molecule has 138 valence electrons. The zero-order valence-electron chi connectivity index (χ0n) is 14.6. The smallest absolute Gasteiger partial charge is 0.313 e. The quantitative estimate of drug-likeness (QED) is 0.799. The van der Waals surface area contributed by atoms with Gasteiger partial charge in [-0.25, -0.2) is 0 Å². The van der Waals surface area contributed by atoms with Crippen molar-refractivity contribution in [3.63, 3.8) is 0 Å². The zero-order chi connectivity index (χ0) is 18.4. The highest BCUT2D eigenvalue weighted by Crippen LogP contribution is 2.33. The molecule has 1 amide bonds. The number of carbonyl (C=O) groups is 2. The van der Waals surface area contributed by atoms with Crippen LogP contribution in [0.5, 0.6) is 5.75 Å². The molecule has 2 rings (SSSR count). The van der Waals surface area contributed by atoms with Crippen molar-refractivity contribution in [3.8, 4) is 5.75 Å². The lowest BCUT2D eigenvalue weighted by molar-refractivity contribution is -0.155. The molecule has 1 aromatic rings. The Hall–Kier alpha value is -1.79. The number of carboxylic acid groups (broad SMARTS) is 1. The first-order valence-electron chi connectivity index (χ1n) is 8.37. The van der Waals surface area contributed by atoms with Crippen molar-refractivity contribution in [3.05, 3.63) is 28.8 Å². The number of rotatable bonds is 7. The van der Waals surface area contributed by atoms with Crippen LogP contribution in [-0.4, -0.2) is 55.3 Å². The van der Waals surface area contributed by atoms with Crippen molar-refractivity contribution in [2.45, 2.75) is 26.2 Å². The van der Waals surface area contributed by atoms with Crippen LogP contribution in [-0.2, 0) is 9.53 Å². The molecule has 1 aromatic carbocycles. The van der Waals surface area contributed by atoms with Crippen LogP contribution in [0.15, 0.2) is 18.2 Å². The van der Waals surface area contributed by atoms with Crippen LogP contribution >= 0.6 is 11.6 Å². The highest BCUT2D eigenvalue weighted by Gasteiger charge is 2.44. The maximum atomic E-state index is 13.0. The largest absolute Gasteiger partial charge is 0.493 e. The van der Waals surface area contributed by atoms with Gasteiger partial charge in [0, 0.05) is 25.2 Å². The number of amides is 1. The number of ether oxygens (including phenoxy) is 2. The topological polar surface area (TPSA) is 76.1 Å². The van der Waals surface area contributed by atoms with E-state index in [1.807, 2.05) is 6.92 Å². The third-order valence-corrected chi connectivity index (χ3v) is 4.61. The van der Waals surface area contributed by atoms with Gasteiger partial charge in [-0.3, -0.25) is 9.59 Å². The van der Waals surface area contributed by atoms with Gasteiger partial charge in [0.2, 0.25) is 0 Å². The molecular weight excluding hydrogens is 346 g/mol. The van der Waals surface area contributed by atoms with E-state index in [-0.39, 0.29) is 19.1 Å². The lowest BCUT2D eigenvalue weighted by atomic mass is 9.80. The predicted octanol–water partition coefficient (Wildman–Crippen LogP) is 3.08. The number of benzene rings is 1. The lowest BCUT2D eigenvalue weighted by Crippen LogP contribution is -2.52. The van der Waals surface area contributed by atoms with E-state index in [0.29, 0.717) is 42.3 Å². The number of nitrogens with zero attached hydrogens (tertiary/aromatic N) is 1. The summed E-state index contributed by atoms with van der Waals surface area (Å²) in [6.07, 6.45) is 1.90. The Kier molecular flexibility index (Phi) is 6.67. The Morgan fingerprint density at radius 3 is 2.80 bits per heavy atom. The average molecular weight is 370 g/mol. The number of hydrogen-bond acceptors (Lipinski definition) is 4. The fourth-order valence-electron chi connectivity index (χ4n) is 3.11. The fourth-order valence-corrected chi connectivity index (χ4v) is 3.29. The summed E-state index contributed by atoms with van der Waals surface area (Å²) < 4.78 is 10.8. The van der Waals surface area contributed by atoms with Crippen molar-refractivity contribution in [2.24, 2.45) is 5.41 Å². The normalized spacial score (nSPS) is 20.4. The standard InChI is InChI=1S/C18H24ClNO5/c1-3-9-25-15-6-5-13(19)10-14(15)16(21)20-8-4-7-18(11-20,12-24-2)17(22)23/h5-6,10H,3-4,7-9,11-12H2,1-2H3,(H,22,23). The molecular formula is C18H24ClNO5. The molecule has 1 saturated heterocycles. The number of aliphatic carboxylic acids is 1. The van der Waals surface area contributed by atoms with Gasteiger partial charge in [0.1, 0.15) is 11.2 Å². The van der Waals surface area contributed by atoms with E-state index in [9.17, 15) is 14.7 Å². The second-order valence-corrected chi connectivity index (χ2v) is 6.77. The van der Waals surface area contributed by atoms with Gasteiger partial charge in [-0.1, -0.05) is 18.5 Å².